The zero-order chi connectivity index (χ0) is 7.65. The first kappa shape index (κ1) is 8.88. The van der Waals surface area contributed by atoms with E-state index in [-0.39, 0.29) is 5.92 Å². The van der Waals surface area contributed by atoms with E-state index in [1.54, 1.807) is 13.8 Å². The van der Waals surface area contributed by atoms with Gasteiger partial charge < -0.3 is 15.9 Å². The molecule has 4 N–H and O–H groups in total. The van der Waals surface area contributed by atoms with Gasteiger partial charge in [0.05, 0.1) is 6.10 Å². The first-order chi connectivity index (χ1) is 3.85. The quantitative estimate of drug-likeness (QED) is 0.452. The minimum atomic E-state index is -1.46. The molecule has 0 aliphatic rings. The van der Waals surface area contributed by atoms with E-state index in [0.717, 1.165) is 0 Å². The van der Waals surface area contributed by atoms with Crippen LogP contribution < -0.4 is 5.73 Å². The fourth-order valence-electron chi connectivity index (χ4n) is 0.675. The van der Waals surface area contributed by atoms with Crippen molar-refractivity contribution in [3.63, 3.8) is 0 Å². The second-order valence-electron chi connectivity index (χ2n) is 2.91. The van der Waals surface area contributed by atoms with E-state index in [4.69, 9.17) is 15.9 Å². The number of aliphatic hydroxyl groups excluding tert-OH is 1. The highest BCUT2D eigenvalue weighted by molar-refractivity contribution is 4.76. The molecule has 56 valence electrons. The molecule has 0 fully saturated rings. The number of rotatable bonds is 2. The van der Waals surface area contributed by atoms with Crippen LogP contribution in [0.5, 0.6) is 0 Å². The largest absolute Gasteiger partial charge is 0.388 e. The minimum absolute atomic E-state index is 0.00926. The first-order valence-electron chi connectivity index (χ1n) is 3.05. The van der Waals surface area contributed by atoms with Gasteiger partial charge in [-0.15, -0.1) is 0 Å². The third-order valence-electron chi connectivity index (χ3n) is 1.23. The Morgan fingerprint density at radius 1 is 1.44 bits per heavy atom. The van der Waals surface area contributed by atoms with Crippen molar-refractivity contribution in [2.45, 2.75) is 32.6 Å². The Hall–Kier alpha value is -0.120. The van der Waals surface area contributed by atoms with Crippen molar-refractivity contribution in [2.24, 2.45) is 11.7 Å². The summed E-state index contributed by atoms with van der Waals surface area (Å²) in [5, 5.41) is 18.1. The lowest BCUT2D eigenvalue weighted by atomic mass is 9.99. The normalized spacial score (nSPS) is 21.7. The third-order valence-corrected chi connectivity index (χ3v) is 1.23. The lowest BCUT2D eigenvalue weighted by Crippen LogP contribution is -2.50. The van der Waals surface area contributed by atoms with E-state index in [2.05, 4.69) is 0 Å². The number of nitrogens with two attached hydrogens (primary N) is 1. The number of hydrogen-bond donors (Lipinski definition) is 3. The molecule has 0 rings (SSSR count). The van der Waals surface area contributed by atoms with Gasteiger partial charge in [0.2, 0.25) is 0 Å². The molecule has 2 unspecified atom stereocenters. The van der Waals surface area contributed by atoms with Gasteiger partial charge >= 0.3 is 0 Å². The molecule has 3 nitrogen and oxygen atoms in total. The Labute approximate surface area is 55.5 Å². The molecule has 0 radical (unpaired) electrons. The van der Waals surface area contributed by atoms with Crippen molar-refractivity contribution in [1.82, 2.24) is 0 Å². The van der Waals surface area contributed by atoms with Gasteiger partial charge in [0.25, 0.3) is 0 Å². The summed E-state index contributed by atoms with van der Waals surface area (Å²) in [5.74, 6) is -0.00926. The van der Waals surface area contributed by atoms with Crippen LogP contribution in [-0.4, -0.2) is 22.0 Å². The SMILES string of the molecule is CC(C)C(O)C(C)(N)O. The van der Waals surface area contributed by atoms with E-state index in [1.807, 2.05) is 0 Å². The Morgan fingerprint density at radius 3 is 1.78 bits per heavy atom. The summed E-state index contributed by atoms with van der Waals surface area (Å²) in [7, 11) is 0. The summed E-state index contributed by atoms with van der Waals surface area (Å²) in [4.78, 5) is 0. The van der Waals surface area contributed by atoms with Crippen molar-refractivity contribution >= 4 is 0 Å². The van der Waals surface area contributed by atoms with Crippen LogP contribution in [0.15, 0.2) is 0 Å². The van der Waals surface area contributed by atoms with Crippen LogP contribution in [0.25, 0.3) is 0 Å². The second-order valence-corrected chi connectivity index (χ2v) is 2.91. The van der Waals surface area contributed by atoms with Crippen molar-refractivity contribution in [1.29, 1.82) is 0 Å². The van der Waals surface area contributed by atoms with Crippen LogP contribution in [0, 0.1) is 5.92 Å². The molecule has 0 aromatic carbocycles. The maximum atomic E-state index is 9.09. The van der Waals surface area contributed by atoms with E-state index >= 15 is 0 Å². The van der Waals surface area contributed by atoms with Crippen molar-refractivity contribution < 1.29 is 10.2 Å². The van der Waals surface area contributed by atoms with Gasteiger partial charge in [-0.25, -0.2) is 0 Å². The fourth-order valence-corrected chi connectivity index (χ4v) is 0.675. The second kappa shape index (κ2) is 2.64. The molecular formula is C6H15NO2. The monoisotopic (exact) mass is 133 g/mol. The van der Waals surface area contributed by atoms with Gasteiger partial charge in [-0.2, -0.15) is 0 Å². The first-order valence-corrected chi connectivity index (χ1v) is 3.05. The number of hydrogen-bond acceptors (Lipinski definition) is 3. The zero-order valence-corrected chi connectivity index (χ0v) is 6.13. The molecule has 3 heteroatoms. The summed E-state index contributed by atoms with van der Waals surface area (Å²) in [6.45, 7) is 4.98. The highest BCUT2D eigenvalue weighted by Crippen LogP contribution is 2.10. The van der Waals surface area contributed by atoms with Crippen molar-refractivity contribution in [3.05, 3.63) is 0 Å². The lowest BCUT2D eigenvalue weighted by molar-refractivity contribution is -0.0779. The minimum Gasteiger partial charge on any atom is -0.388 e. The van der Waals surface area contributed by atoms with Gasteiger partial charge in [0.15, 0.2) is 0 Å². The van der Waals surface area contributed by atoms with Crippen LogP contribution >= 0.6 is 0 Å². The molecule has 0 amide bonds. The van der Waals surface area contributed by atoms with Crippen LogP contribution in [0.3, 0.4) is 0 Å². The molecule has 0 aromatic heterocycles. The van der Waals surface area contributed by atoms with Crippen molar-refractivity contribution in [2.75, 3.05) is 0 Å². The van der Waals surface area contributed by atoms with Crippen LogP contribution in [0.1, 0.15) is 20.8 Å². The van der Waals surface area contributed by atoms with Crippen molar-refractivity contribution in [3.8, 4) is 0 Å². The average molecular weight is 133 g/mol. The Balaban J connectivity index is 3.88. The molecule has 0 aromatic rings. The van der Waals surface area contributed by atoms with E-state index in [0.29, 0.717) is 0 Å². The van der Waals surface area contributed by atoms with Gasteiger partial charge in [-0.05, 0) is 12.8 Å². The van der Waals surface area contributed by atoms with E-state index in [1.165, 1.54) is 6.92 Å². The summed E-state index contributed by atoms with van der Waals surface area (Å²) in [6.07, 6.45) is -0.850. The summed E-state index contributed by atoms with van der Waals surface area (Å²) < 4.78 is 0. The highest BCUT2D eigenvalue weighted by atomic mass is 16.4. The standard InChI is InChI=1S/C6H15NO2/c1-4(2)5(8)6(3,7)9/h4-5,8-9H,7H2,1-3H3. The molecule has 2 atom stereocenters. The third kappa shape index (κ3) is 2.79. The Bertz CT molecular complexity index is 85.5. The molecule has 0 aliphatic heterocycles. The maximum Gasteiger partial charge on any atom is 0.137 e. The molecule has 9 heavy (non-hydrogen) atoms. The van der Waals surface area contributed by atoms with E-state index < -0.39 is 11.8 Å². The molecule has 0 saturated heterocycles. The highest BCUT2D eigenvalue weighted by Gasteiger charge is 2.27. The molecule has 0 bridgehead atoms. The predicted molar refractivity (Wildman–Crippen MR) is 35.7 cm³/mol. The van der Waals surface area contributed by atoms with Gasteiger partial charge in [0, 0.05) is 0 Å². The maximum absolute atomic E-state index is 9.09. The molecule has 0 aliphatic carbocycles. The van der Waals surface area contributed by atoms with Crippen LogP contribution in [-0.2, 0) is 0 Å². The predicted octanol–water partition coefficient (Wildman–Crippen LogP) is -0.329. The Morgan fingerprint density at radius 2 is 1.78 bits per heavy atom. The molecule has 0 saturated carbocycles. The van der Waals surface area contributed by atoms with E-state index in [9.17, 15) is 0 Å². The van der Waals surface area contributed by atoms with Gasteiger partial charge in [-0.3, -0.25) is 0 Å². The fraction of sp³-hybridized carbons (Fsp3) is 1.00. The summed E-state index contributed by atoms with van der Waals surface area (Å²) in [6, 6.07) is 0. The summed E-state index contributed by atoms with van der Waals surface area (Å²) in [5.41, 5.74) is 3.72. The Kier molecular flexibility index (Phi) is 2.61. The molecule has 0 heterocycles. The smallest absolute Gasteiger partial charge is 0.137 e. The zero-order valence-electron chi connectivity index (χ0n) is 6.13. The van der Waals surface area contributed by atoms with Crippen LogP contribution in [0.2, 0.25) is 0 Å². The lowest BCUT2D eigenvalue weighted by Gasteiger charge is -2.26. The topological polar surface area (TPSA) is 66.5 Å². The average Bonchev–Trinajstić information content (AvgIpc) is 1.62. The van der Waals surface area contributed by atoms with Gasteiger partial charge in [-0.1, -0.05) is 13.8 Å². The molecule has 0 spiro atoms. The summed E-state index contributed by atoms with van der Waals surface area (Å²) >= 11 is 0. The van der Waals surface area contributed by atoms with Gasteiger partial charge in [0.1, 0.15) is 5.72 Å². The van der Waals surface area contributed by atoms with Crippen LogP contribution in [0.4, 0.5) is 0 Å². The number of aliphatic hydroxyl groups is 2. The molecular weight excluding hydrogens is 118 g/mol.